The lowest BCUT2D eigenvalue weighted by atomic mass is 10.1. The number of benzene rings is 1. The number of hydrogen-bond donors (Lipinski definition) is 2. The van der Waals surface area contributed by atoms with Crippen molar-refractivity contribution in [2.45, 2.75) is 57.2 Å². The predicted octanol–water partition coefficient (Wildman–Crippen LogP) is 3.21. The van der Waals surface area contributed by atoms with Gasteiger partial charge in [-0.1, -0.05) is 43.2 Å². The molecule has 1 aromatic carbocycles. The van der Waals surface area contributed by atoms with E-state index in [-0.39, 0.29) is 25.1 Å². The average Bonchev–Trinajstić information content (AvgIpc) is 3.18. The number of carbonyl (C=O) groups excluding carboxylic acids is 1. The zero-order valence-electron chi connectivity index (χ0n) is 16.3. The largest absolute Gasteiger partial charge is 0.395 e. The Bertz CT molecular complexity index is 766. The summed E-state index contributed by atoms with van der Waals surface area (Å²) >= 11 is 0. The molecule has 0 unspecified atom stereocenters. The van der Waals surface area contributed by atoms with E-state index in [0.29, 0.717) is 18.5 Å². The SMILES string of the molecule is O=C(CN(Cc1ccccc1)[C@H](CO)C1CC1)Nc1ccnn1C1CCCC1. The second-order valence-corrected chi connectivity index (χ2v) is 8.13. The molecule has 1 amide bonds. The summed E-state index contributed by atoms with van der Waals surface area (Å²) in [6, 6.07) is 12.5. The Morgan fingerprint density at radius 3 is 2.61 bits per heavy atom. The minimum Gasteiger partial charge on any atom is -0.395 e. The van der Waals surface area contributed by atoms with Gasteiger partial charge in [0.1, 0.15) is 5.82 Å². The fourth-order valence-electron chi connectivity index (χ4n) is 4.37. The van der Waals surface area contributed by atoms with Gasteiger partial charge in [0.05, 0.1) is 25.4 Å². The van der Waals surface area contributed by atoms with E-state index >= 15 is 0 Å². The van der Waals surface area contributed by atoms with Crippen molar-refractivity contribution >= 4 is 11.7 Å². The van der Waals surface area contributed by atoms with Gasteiger partial charge in [-0.15, -0.1) is 0 Å². The van der Waals surface area contributed by atoms with Gasteiger partial charge in [0.15, 0.2) is 0 Å². The average molecular weight is 383 g/mol. The van der Waals surface area contributed by atoms with Crippen LogP contribution in [0.2, 0.25) is 0 Å². The van der Waals surface area contributed by atoms with Crippen molar-refractivity contribution in [3.63, 3.8) is 0 Å². The zero-order valence-corrected chi connectivity index (χ0v) is 16.3. The van der Waals surface area contributed by atoms with Crippen LogP contribution in [0.4, 0.5) is 5.82 Å². The van der Waals surface area contributed by atoms with Gasteiger partial charge in [-0.2, -0.15) is 5.10 Å². The highest BCUT2D eigenvalue weighted by atomic mass is 16.3. The Hall–Kier alpha value is -2.18. The van der Waals surface area contributed by atoms with Crippen molar-refractivity contribution < 1.29 is 9.90 Å². The quantitative estimate of drug-likeness (QED) is 0.699. The molecule has 0 radical (unpaired) electrons. The summed E-state index contributed by atoms with van der Waals surface area (Å²) in [5.74, 6) is 1.23. The van der Waals surface area contributed by atoms with Crippen molar-refractivity contribution in [2.75, 3.05) is 18.5 Å². The summed E-state index contributed by atoms with van der Waals surface area (Å²) in [6.07, 6.45) is 8.72. The molecular formula is C22H30N4O2. The molecule has 0 spiro atoms. The lowest BCUT2D eigenvalue weighted by molar-refractivity contribution is -0.118. The van der Waals surface area contributed by atoms with Gasteiger partial charge in [0, 0.05) is 18.7 Å². The van der Waals surface area contributed by atoms with Gasteiger partial charge in [-0.05, 0) is 37.2 Å². The molecule has 4 rings (SSSR count). The maximum absolute atomic E-state index is 12.9. The van der Waals surface area contributed by atoms with Crippen LogP contribution in [0.25, 0.3) is 0 Å². The standard InChI is InChI=1S/C22H30N4O2/c27-16-20(18-10-11-18)25(14-17-6-2-1-3-7-17)15-22(28)24-21-12-13-23-26(21)19-8-4-5-9-19/h1-3,6-7,12-13,18-20,27H,4-5,8-11,14-16H2,(H,24,28)/t20-/m1/s1. The molecule has 0 aliphatic heterocycles. The Morgan fingerprint density at radius 2 is 1.93 bits per heavy atom. The van der Waals surface area contributed by atoms with Crippen LogP contribution >= 0.6 is 0 Å². The molecule has 1 aromatic heterocycles. The minimum absolute atomic E-state index is 0.0331. The van der Waals surface area contributed by atoms with Crippen molar-refractivity contribution in [1.82, 2.24) is 14.7 Å². The Labute approximate surface area is 166 Å². The van der Waals surface area contributed by atoms with E-state index < -0.39 is 0 Å². The van der Waals surface area contributed by atoms with Gasteiger partial charge in [0.2, 0.25) is 5.91 Å². The predicted molar refractivity (Wildman–Crippen MR) is 109 cm³/mol. The third-order valence-electron chi connectivity index (χ3n) is 6.01. The first kappa shape index (κ1) is 19.2. The number of anilines is 1. The normalized spacial score (nSPS) is 18.5. The van der Waals surface area contributed by atoms with Crippen molar-refractivity contribution in [1.29, 1.82) is 0 Å². The van der Waals surface area contributed by atoms with Crippen molar-refractivity contribution in [3.8, 4) is 0 Å². The molecule has 150 valence electrons. The van der Waals surface area contributed by atoms with Gasteiger partial charge in [0.25, 0.3) is 0 Å². The molecule has 0 bridgehead atoms. The summed E-state index contributed by atoms with van der Waals surface area (Å²) in [7, 11) is 0. The molecule has 0 saturated heterocycles. The molecule has 1 atom stereocenters. The monoisotopic (exact) mass is 382 g/mol. The fraction of sp³-hybridized carbons (Fsp3) is 0.545. The third-order valence-corrected chi connectivity index (χ3v) is 6.01. The second-order valence-electron chi connectivity index (χ2n) is 8.13. The van der Waals surface area contributed by atoms with Gasteiger partial charge < -0.3 is 10.4 Å². The summed E-state index contributed by atoms with van der Waals surface area (Å²) in [6.45, 7) is 1.02. The van der Waals surface area contributed by atoms with Gasteiger partial charge >= 0.3 is 0 Å². The summed E-state index contributed by atoms with van der Waals surface area (Å²) in [4.78, 5) is 15.0. The van der Waals surface area contributed by atoms with Crippen LogP contribution in [0.5, 0.6) is 0 Å². The van der Waals surface area contributed by atoms with Crippen LogP contribution in [0.15, 0.2) is 42.6 Å². The molecule has 2 aromatic rings. The Morgan fingerprint density at radius 1 is 1.18 bits per heavy atom. The van der Waals surface area contributed by atoms with Crippen LogP contribution in [-0.4, -0.2) is 44.9 Å². The molecule has 2 aliphatic carbocycles. The number of amides is 1. The van der Waals surface area contributed by atoms with Crippen LogP contribution < -0.4 is 5.32 Å². The molecule has 28 heavy (non-hydrogen) atoms. The number of rotatable bonds is 9. The molecule has 2 fully saturated rings. The van der Waals surface area contributed by atoms with E-state index in [9.17, 15) is 9.90 Å². The Kier molecular flexibility index (Phi) is 6.07. The number of hydrogen-bond acceptors (Lipinski definition) is 4. The minimum atomic E-state index is -0.0465. The van der Waals surface area contributed by atoms with E-state index in [1.165, 1.54) is 12.8 Å². The van der Waals surface area contributed by atoms with E-state index in [1.807, 2.05) is 28.9 Å². The maximum Gasteiger partial charge on any atom is 0.239 e. The van der Waals surface area contributed by atoms with Crippen molar-refractivity contribution in [3.05, 3.63) is 48.2 Å². The lowest BCUT2D eigenvalue weighted by Gasteiger charge is -2.30. The summed E-state index contributed by atoms with van der Waals surface area (Å²) in [5.41, 5.74) is 1.16. The van der Waals surface area contributed by atoms with Gasteiger partial charge in [-0.25, -0.2) is 4.68 Å². The lowest BCUT2D eigenvalue weighted by Crippen LogP contribution is -2.43. The fourth-order valence-corrected chi connectivity index (χ4v) is 4.37. The molecular weight excluding hydrogens is 352 g/mol. The number of aliphatic hydroxyl groups is 1. The topological polar surface area (TPSA) is 70.4 Å². The number of aromatic nitrogens is 2. The van der Waals surface area contributed by atoms with Crippen molar-refractivity contribution in [2.24, 2.45) is 5.92 Å². The first-order valence-electron chi connectivity index (χ1n) is 10.5. The van der Waals surface area contributed by atoms with E-state index in [1.54, 1.807) is 6.20 Å². The molecule has 2 N–H and O–H groups in total. The summed E-state index contributed by atoms with van der Waals surface area (Å²) in [5, 5.41) is 17.5. The Balaban J connectivity index is 1.44. The van der Waals surface area contributed by atoms with Crippen LogP contribution in [-0.2, 0) is 11.3 Å². The maximum atomic E-state index is 12.9. The van der Waals surface area contributed by atoms with Crippen LogP contribution in [0.1, 0.15) is 50.1 Å². The summed E-state index contributed by atoms with van der Waals surface area (Å²) < 4.78 is 1.97. The van der Waals surface area contributed by atoms with Gasteiger partial charge in [-0.3, -0.25) is 9.69 Å². The van der Waals surface area contributed by atoms with E-state index in [4.69, 9.17) is 0 Å². The molecule has 1 heterocycles. The van der Waals surface area contributed by atoms with Crippen LogP contribution in [0.3, 0.4) is 0 Å². The first-order valence-corrected chi connectivity index (χ1v) is 10.5. The van der Waals surface area contributed by atoms with E-state index in [0.717, 1.165) is 37.1 Å². The number of aliphatic hydroxyl groups excluding tert-OH is 1. The first-order chi connectivity index (χ1) is 13.7. The highest BCUT2D eigenvalue weighted by Crippen LogP contribution is 2.36. The highest BCUT2D eigenvalue weighted by Gasteiger charge is 2.35. The van der Waals surface area contributed by atoms with E-state index in [2.05, 4.69) is 27.4 Å². The van der Waals surface area contributed by atoms with Crippen LogP contribution in [0, 0.1) is 5.92 Å². The smallest absolute Gasteiger partial charge is 0.239 e. The number of nitrogens with zero attached hydrogens (tertiary/aromatic N) is 3. The number of carbonyl (C=O) groups is 1. The second kappa shape index (κ2) is 8.88. The number of nitrogens with one attached hydrogen (secondary N) is 1. The molecule has 6 heteroatoms. The molecule has 2 saturated carbocycles. The molecule has 2 aliphatic rings. The molecule has 6 nitrogen and oxygen atoms in total. The highest BCUT2D eigenvalue weighted by molar-refractivity contribution is 5.91. The zero-order chi connectivity index (χ0) is 19.3. The third kappa shape index (κ3) is 4.62.